The molecule has 0 spiro atoms. The average Bonchev–Trinajstić information content (AvgIpc) is 3.38. The summed E-state index contributed by atoms with van der Waals surface area (Å²) in [5, 5.41) is 15.7. The van der Waals surface area contributed by atoms with Gasteiger partial charge in [-0.15, -0.1) is 5.10 Å². The Labute approximate surface area is 170 Å². The second kappa shape index (κ2) is 9.88. The third-order valence-electron chi connectivity index (χ3n) is 5.08. The monoisotopic (exact) mass is 404 g/mol. The lowest BCUT2D eigenvalue weighted by Gasteiger charge is -2.26. The molecule has 8 nitrogen and oxygen atoms in total. The molecule has 0 bridgehead atoms. The van der Waals surface area contributed by atoms with E-state index in [1.54, 1.807) is 7.11 Å². The Morgan fingerprint density at radius 2 is 2.11 bits per heavy atom. The van der Waals surface area contributed by atoms with Crippen LogP contribution in [0.5, 0.6) is 5.75 Å². The molecule has 1 atom stereocenters. The van der Waals surface area contributed by atoms with Gasteiger partial charge in [0.15, 0.2) is 0 Å². The molecule has 1 aliphatic carbocycles. The fraction of sp³-hybridized carbons (Fsp3) is 0.579. The third-order valence-corrected chi connectivity index (χ3v) is 6.01. The summed E-state index contributed by atoms with van der Waals surface area (Å²) in [4.78, 5) is 14.5. The molecule has 2 aromatic rings. The number of para-hydroxylation sites is 1. The number of thioether (sulfide) groups is 1. The molecular formula is C19H28N6O2S. The zero-order valence-corrected chi connectivity index (χ0v) is 17.5. The minimum Gasteiger partial charge on any atom is -0.496 e. The molecular weight excluding hydrogens is 376 g/mol. The number of carbonyl (C=O) groups excluding carboxylic acids is 1. The molecule has 1 amide bonds. The average molecular weight is 405 g/mol. The van der Waals surface area contributed by atoms with Crippen LogP contribution < -0.4 is 10.1 Å². The maximum Gasteiger partial charge on any atom is 0.230 e. The number of aromatic nitrogens is 4. The van der Waals surface area contributed by atoms with Gasteiger partial charge in [-0.1, -0.05) is 42.8 Å². The summed E-state index contributed by atoms with van der Waals surface area (Å²) in [7, 11) is 5.65. The molecule has 1 saturated carbocycles. The van der Waals surface area contributed by atoms with Gasteiger partial charge in [-0.05, 0) is 43.4 Å². The second-order valence-corrected chi connectivity index (χ2v) is 8.10. The van der Waals surface area contributed by atoms with Crippen molar-refractivity contribution >= 4 is 17.7 Å². The first-order chi connectivity index (χ1) is 13.6. The number of nitrogens with one attached hydrogen (secondary N) is 1. The van der Waals surface area contributed by atoms with Gasteiger partial charge >= 0.3 is 0 Å². The van der Waals surface area contributed by atoms with E-state index in [0.717, 1.165) is 29.3 Å². The summed E-state index contributed by atoms with van der Waals surface area (Å²) in [5.74, 6) is 1.08. The Balaban J connectivity index is 1.55. The topological polar surface area (TPSA) is 85.2 Å². The predicted octanol–water partition coefficient (Wildman–Crippen LogP) is 2.31. The van der Waals surface area contributed by atoms with E-state index in [2.05, 4.69) is 25.7 Å². The number of hydrogen-bond acceptors (Lipinski definition) is 7. The number of amides is 1. The van der Waals surface area contributed by atoms with E-state index in [1.165, 1.54) is 24.6 Å². The van der Waals surface area contributed by atoms with Crippen molar-refractivity contribution in [3.8, 4) is 5.75 Å². The molecule has 1 N–H and O–H groups in total. The van der Waals surface area contributed by atoms with Crippen LogP contribution in [0.15, 0.2) is 29.4 Å². The zero-order valence-electron chi connectivity index (χ0n) is 16.7. The van der Waals surface area contributed by atoms with Crippen molar-refractivity contribution in [2.24, 2.45) is 0 Å². The SMILES string of the molecule is COc1ccccc1C(CNC(=O)CSc1nnnn1C1CCCC1)N(C)C. The van der Waals surface area contributed by atoms with Crippen molar-refractivity contribution in [2.75, 3.05) is 33.5 Å². The maximum absolute atomic E-state index is 12.4. The van der Waals surface area contributed by atoms with Crippen LogP contribution in [0.4, 0.5) is 0 Å². The van der Waals surface area contributed by atoms with Gasteiger partial charge in [0.25, 0.3) is 0 Å². The van der Waals surface area contributed by atoms with Gasteiger partial charge in [0.05, 0.1) is 24.9 Å². The molecule has 1 heterocycles. The summed E-state index contributed by atoms with van der Waals surface area (Å²) >= 11 is 1.39. The largest absolute Gasteiger partial charge is 0.496 e. The van der Waals surface area contributed by atoms with Gasteiger partial charge in [-0.2, -0.15) is 0 Å². The van der Waals surface area contributed by atoms with Gasteiger partial charge in [-0.3, -0.25) is 4.79 Å². The van der Waals surface area contributed by atoms with Crippen LogP contribution in [0.1, 0.15) is 43.3 Å². The van der Waals surface area contributed by atoms with Crippen LogP contribution in [0.2, 0.25) is 0 Å². The first-order valence-electron chi connectivity index (χ1n) is 9.57. The van der Waals surface area contributed by atoms with Crippen molar-refractivity contribution in [2.45, 2.75) is 42.9 Å². The van der Waals surface area contributed by atoms with Gasteiger partial charge < -0.3 is 15.0 Å². The van der Waals surface area contributed by atoms with Crippen LogP contribution in [0, 0.1) is 0 Å². The number of hydrogen-bond donors (Lipinski definition) is 1. The number of benzene rings is 1. The smallest absolute Gasteiger partial charge is 0.230 e. The summed E-state index contributed by atoms with van der Waals surface area (Å²) < 4.78 is 7.35. The van der Waals surface area contributed by atoms with Crippen molar-refractivity contribution in [1.29, 1.82) is 0 Å². The summed E-state index contributed by atoms with van der Waals surface area (Å²) in [6.07, 6.45) is 4.64. The summed E-state index contributed by atoms with van der Waals surface area (Å²) in [5.41, 5.74) is 1.05. The molecule has 0 saturated heterocycles. The summed E-state index contributed by atoms with van der Waals surface area (Å²) in [6.45, 7) is 0.500. The lowest BCUT2D eigenvalue weighted by molar-refractivity contribution is -0.118. The van der Waals surface area contributed by atoms with Crippen LogP contribution >= 0.6 is 11.8 Å². The number of rotatable bonds is 9. The molecule has 1 aromatic heterocycles. The Morgan fingerprint density at radius 3 is 2.82 bits per heavy atom. The lowest BCUT2D eigenvalue weighted by Crippen LogP contribution is -2.35. The Morgan fingerprint density at radius 1 is 1.36 bits per heavy atom. The highest BCUT2D eigenvalue weighted by molar-refractivity contribution is 7.99. The van der Waals surface area contributed by atoms with Gasteiger partial charge in [0, 0.05) is 12.1 Å². The number of likely N-dealkylation sites (N-methyl/N-ethyl adjacent to an activating group) is 1. The lowest BCUT2D eigenvalue weighted by atomic mass is 10.0. The molecule has 3 rings (SSSR count). The fourth-order valence-electron chi connectivity index (χ4n) is 3.56. The van der Waals surface area contributed by atoms with Crippen LogP contribution in [-0.2, 0) is 4.79 Å². The normalized spacial score (nSPS) is 15.7. The number of carbonyl (C=O) groups is 1. The highest BCUT2D eigenvalue weighted by Gasteiger charge is 2.23. The van der Waals surface area contributed by atoms with Crippen LogP contribution in [-0.4, -0.2) is 64.5 Å². The highest BCUT2D eigenvalue weighted by Crippen LogP contribution is 2.31. The molecule has 28 heavy (non-hydrogen) atoms. The van der Waals surface area contributed by atoms with E-state index in [4.69, 9.17) is 4.74 Å². The number of methoxy groups -OCH3 is 1. The standard InChI is InChI=1S/C19H28N6O2S/c1-24(2)16(15-10-6-7-11-17(15)27-3)12-20-18(26)13-28-19-21-22-23-25(19)14-8-4-5-9-14/h6-7,10-11,14,16H,4-5,8-9,12-13H2,1-3H3,(H,20,26). The molecule has 9 heteroatoms. The van der Waals surface area contributed by atoms with Crippen molar-refractivity contribution in [3.63, 3.8) is 0 Å². The van der Waals surface area contributed by atoms with Crippen molar-refractivity contribution in [3.05, 3.63) is 29.8 Å². The van der Waals surface area contributed by atoms with E-state index in [9.17, 15) is 4.79 Å². The van der Waals surface area contributed by atoms with Gasteiger partial charge in [0.2, 0.25) is 11.1 Å². The molecule has 1 unspecified atom stereocenters. The zero-order chi connectivity index (χ0) is 19.9. The molecule has 0 radical (unpaired) electrons. The van der Waals surface area contributed by atoms with Crippen LogP contribution in [0.25, 0.3) is 0 Å². The molecule has 1 fully saturated rings. The first kappa shape index (κ1) is 20.6. The first-order valence-corrected chi connectivity index (χ1v) is 10.6. The van der Waals surface area contributed by atoms with E-state index in [-0.39, 0.29) is 11.9 Å². The summed E-state index contributed by atoms with van der Waals surface area (Å²) in [6, 6.07) is 8.28. The second-order valence-electron chi connectivity index (χ2n) is 7.16. The molecule has 1 aliphatic rings. The Hall–Kier alpha value is -2.13. The molecule has 1 aromatic carbocycles. The number of ether oxygens (including phenoxy) is 1. The van der Waals surface area contributed by atoms with Crippen LogP contribution in [0.3, 0.4) is 0 Å². The fourth-order valence-corrected chi connectivity index (χ4v) is 4.34. The molecule has 0 aliphatic heterocycles. The maximum atomic E-state index is 12.4. The quantitative estimate of drug-likeness (QED) is 0.642. The Kier molecular flexibility index (Phi) is 7.27. The third kappa shape index (κ3) is 5.02. The highest BCUT2D eigenvalue weighted by atomic mass is 32.2. The molecule has 152 valence electrons. The van der Waals surface area contributed by atoms with E-state index >= 15 is 0 Å². The van der Waals surface area contributed by atoms with Crippen molar-refractivity contribution < 1.29 is 9.53 Å². The van der Waals surface area contributed by atoms with Crippen molar-refractivity contribution in [1.82, 2.24) is 30.4 Å². The minimum absolute atomic E-state index is 0.0221. The Bertz CT molecular complexity index is 775. The number of tetrazole rings is 1. The minimum atomic E-state index is -0.0345. The predicted molar refractivity (Wildman–Crippen MR) is 108 cm³/mol. The van der Waals surface area contributed by atoms with Gasteiger partial charge in [-0.25, -0.2) is 4.68 Å². The van der Waals surface area contributed by atoms with E-state index < -0.39 is 0 Å². The van der Waals surface area contributed by atoms with E-state index in [1.807, 2.05) is 43.0 Å². The number of nitrogens with zero attached hydrogens (tertiary/aromatic N) is 5. The van der Waals surface area contributed by atoms with E-state index in [0.29, 0.717) is 18.3 Å². The van der Waals surface area contributed by atoms with Gasteiger partial charge in [0.1, 0.15) is 5.75 Å².